The Morgan fingerprint density at radius 3 is 2.43 bits per heavy atom. The zero-order valence-corrected chi connectivity index (χ0v) is 17.1. The molecule has 2 amide bonds. The zero-order chi connectivity index (χ0) is 19.9. The predicted molar refractivity (Wildman–Crippen MR) is 111 cm³/mol. The van der Waals surface area contributed by atoms with Gasteiger partial charge in [-0.15, -0.1) is 0 Å². The summed E-state index contributed by atoms with van der Waals surface area (Å²) in [6.07, 6.45) is 0.671. The fraction of sp³-hybridized carbons (Fsp3) is 0.333. The molecule has 0 saturated carbocycles. The summed E-state index contributed by atoms with van der Waals surface area (Å²) in [5.41, 5.74) is 1.33. The van der Waals surface area contributed by atoms with Gasteiger partial charge in [-0.3, -0.25) is 14.5 Å². The number of aryl methyl sites for hydroxylation is 1. The molecular formula is C21H23BrFN3O2. The molecule has 0 atom stereocenters. The van der Waals surface area contributed by atoms with E-state index in [0.29, 0.717) is 49.2 Å². The first-order valence-corrected chi connectivity index (χ1v) is 10.1. The minimum absolute atomic E-state index is 0.0238. The lowest BCUT2D eigenvalue weighted by molar-refractivity contribution is -0.133. The molecule has 7 heteroatoms. The Hall–Kier alpha value is -2.25. The number of carbonyl (C=O) groups is 2. The summed E-state index contributed by atoms with van der Waals surface area (Å²) in [6.45, 7) is 2.78. The van der Waals surface area contributed by atoms with Crippen LogP contribution >= 0.6 is 15.9 Å². The number of nitrogens with zero attached hydrogens (tertiary/aromatic N) is 2. The molecule has 0 aromatic heterocycles. The number of hydrogen-bond donors (Lipinski definition) is 1. The van der Waals surface area contributed by atoms with E-state index in [1.807, 2.05) is 35.2 Å². The number of hydrogen-bond acceptors (Lipinski definition) is 3. The van der Waals surface area contributed by atoms with Crippen molar-refractivity contribution in [3.8, 4) is 0 Å². The summed E-state index contributed by atoms with van der Waals surface area (Å²) >= 11 is 3.23. The van der Waals surface area contributed by atoms with Crippen LogP contribution in [0.1, 0.15) is 12.0 Å². The van der Waals surface area contributed by atoms with Crippen LogP contribution in [0.15, 0.2) is 53.0 Å². The number of benzene rings is 2. The van der Waals surface area contributed by atoms with Crippen molar-refractivity contribution in [1.82, 2.24) is 9.80 Å². The lowest BCUT2D eigenvalue weighted by Crippen LogP contribution is -2.50. The number of amides is 2. The minimum atomic E-state index is -0.295. The van der Waals surface area contributed by atoms with E-state index in [0.717, 1.165) is 5.69 Å². The van der Waals surface area contributed by atoms with E-state index >= 15 is 0 Å². The Kier molecular flexibility index (Phi) is 7.17. The van der Waals surface area contributed by atoms with Crippen molar-refractivity contribution in [1.29, 1.82) is 0 Å². The zero-order valence-electron chi connectivity index (χ0n) is 15.5. The van der Waals surface area contributed by atoms with Gasteiger partial charge in [0, 0.05) is 42.8 Å². The highest BCUT2D eigenvalue weighted by molar-refractivity contribution is 9.10. The number of rotatable bonds is 6. The lowest BCUT2D eigenvalue weighted by atomic mass is 10.1. The molecule has 0 unspecified atom stereocenters. The van der Waals surface area contributed by atoms with E-state index in [4.69, 9.17) is 0 Å². The maximum atomic E-state index is 13.9. The van der Waals surface area contributed by atoms with Gasteiger partial charge >= 0.3 is 0 Å². The second-order valence-electron chi connectivity index (χ2n) is 6.81. The van der Waals surface area contributed by atoms with E-state index < -0.39 is 0 Å². The first-order chi connectivity index (χ1) is 13.5. The normalized spacial score (nSPS) is 14.7. The van der Waals surface area contributed by atoms with E-state index in [2.05, 4.69) is 21.2 Å². The van der Waals surface area contributed by atoms with Crippen LogP contribution in [0, 0.1) is 5.82 Å². The maximum Gasteiger partial charge on any atom is 0.238 e. The third kappa shape index (κ3) is 5.87. The summed E-state index contributed by atoms with van der Waals surface area (Å²) < 4.78 is 14.6. The fourth-order valence-electron chi connectivity index (χ4n) is 3.20. The van der Waals surface area contributed by atoms with Gasteiger partial charge in [0.15, 0.2) is 0 Å². The molecular weight excluding hydrogens is 425 g/mol. The standard InChI is InChI=1S/C21H23BrFN3O2/c22-17-8-6-16(19(23)14-17)7-9-21(28)26-12-10-25(11-13-26)15-20(27)24-18-4-2-1-3-5-18/h1-6,8,14H,7,9-13,15H2,(H,24,27). The van der Waals surface area contributed by atoms with E-state index in [9.17, 15) is 14.0 Å². The molecule has 2 aromatic carbocycles. The van der Waals surface area contributed by atoms with Crippen molar-refractivity contribution in [3.63, 3.8) is 0 Å². The number of piperazine rings is 1. The molecule has 0 spiro atoms. The molecule has 0 radical (unpaired) electrons. The van der Waals surface area contributed by atoms with Crippen molar-refractivity contribution in [2.24, 2.45) is 0 Å². The molecule has 1 fully saturated rings. The molecule has 1 aliphatic rings. The smallest absolute Gasteiger partial charge is 0.238 e. The van der Waals surface area contributed by atoms with Gasteiger partial charge in [0.1, 0.15) is 5.82 Å². The number of anilines is 1. The van der Waals surface area contributed by atoms with Gasteiger partial charge in [-0.05, 0) is 36.2 Å². The van der Waals surface area contributed by atoms with Crippen molar-refractivity contribution in [2.75, 3.05) is 38.0 Å². The van der Waals surface area contributed by atoms with Crippen LogP contribution in [0.25, 0.3) is 0 Å². The van der Waals surface area contributed by atoms with Crippen LogP contribution in [0.2, 0.25) is 0 Å². The molecule has 5 nitrogen and oxygen atoms in total. The number of halogens is 2. The molecule has 1 aliphatic heterocycles. The Labute approximate surface area is 172 Å². The average molecular weight is 448 g/mol. The van der Waals surface area contributed by atoms with Gasteiger partial charge in [0.05, 0.1) is 6.54 Å². The fourth-order valence-corrected chi connectivity index (χ4v) is 3.54. The summed E-state index contributed by atoms with van der Waals surface area (Å²) in [6, 6.07) is 14.3. The number of nitrogens with one attached hydrogen (secondary N) is 1. The molecule has 0 aliphatic carbocycles. The molecule has 1 saturated heterocycles. The van der Waals surface area contributed by atoms with Crippen LogP contribution in [0.5, 0.6) is 0 Å². The van der Waals surface area contributed by atoms with Gasteiger partial charge < -0.3 is 10.2 Å². The maximum absolute atomic E-state index is 13.9. The molecule has 1 heterocycles. The largest absolute Gasteiger partial charge is 0.340 e. The van der Waals surface area contributed by atoms with Gasteiger partial charge in [-0.2, -0.15) is 0 Å². The second kappa shape index (κ2) is 9.80. The second-order valence-corrected chi connectivity index (χ2v) is 7.72. The first kappa shape index (κ1) is 20.5. The van der Waals surface area contributed by atoms with Crippen LogP contribution in [-0.2, 0) is 16.0 Å². The van der Waals surface area contributed by atoms with E-state index in [-0.39, 0.29) is 24.1 Å². The lowest BCUT2D eigenvalue weighted by Gasteiger charge is -2.34. The first-order valence-electron chi connectivity index (χ1n) is 9.30. The van der Waals surface area contributed by atoms with E-state index in [1.165, 1.54) is 6.07 Å². The quantitative estimate of drug-likeness (QED) is 0.738. The monoisotopic (exact) mass is 447 g/mol. The van der Waals surface area contributed by atoms with Crippen molar-refractivity contribution < 1.29 is 14.0 Å². The van der Waals surface area contributed by atoms with Gasteiger partial charge in [-0.25, -0.2) is 4.39 Å². The third-order valence-electron chi connectivity index (χ3n) is 4.77. The molecule has 148 valence electrons. The van der Waals surface area contributed by atoms with Crippen LogP contribution < -0.4 is 5.32 Å². The van der Waals surface area contributed by atoms with Gasteiger partial charge in [0.25, 0.3) is 0 Å². The number of para-hydroxylation sites is 1. The van der Waals surface area contributed by atoms with Crippen LogP contribution in [-0.4, -0.2) is 54.3 Å². The Morgan fingerprint density at radius 1 is 1.04 bits per heavy atom. The minimum Gasteiger partial charge on any atom is -0.340 e. The highest BCUT2D eigenvalue weighted by Crippen LogP contribution is 2.17. The van der Waals surface area contributed by atoms with Crippen LogP contribution in [0.4, 0.5) is 10.1 Å². The molecule has 0 bridgehead atoms. The van der Waals surface area contributed by atoms with E-state index in [1.54, 1.807) is 17.0 Å². The molecule has 2 aromatic rings. The van der Waals surface area contributed by atoms with Gasteiger partial charge in [0.2, 0.25) is 11.8 Å². The molecule has 28 heavy (non-hydrogen) atoms. The summed E-state index contributed by atoms with van der Waals surface area (Å²) in [4.78, 5) is 28.4. The third-order valence-corrected chi connectivity index (χ3v) is 5.27. The predicted octanol–water partition coefficient (Wildman–Crippen LogP) is 3.30. The Balaban J connectivity index is 1.40. The number of carbonyl (C=O) groups excluding carboxylic acids is 2. The summed E-state index contributed by atoms with van der Waals surface area (Å²) in [5, 5.41) is 2.87. The van der Waals surface area contributed by atoms with Crippen molar-refractivity contribution >= 4 is 33.4 Å². The van der Waals surface area contributed by atoms with Crippen LogP contribution in [0.3, 0.4) is 0 Å². The topological polar surface area (TPSA) is 52.7 Å². The molecule has 3 rings (SSSR count). The summed E-state index contributed by atoms with van der Waals surface area (Å²) in [5.74, 6) is -0.330. The Bertz CT molecular complexity index is 824. The van der Waals surface area contributed by atoms with Crippen molar-refractivity contribution in [3.05, 3.63) is 64.4 Å². The Morgan fingerprint density at radius 2 is 1.75 bits per heavy atom. The van der Waals surface area contributed by atoms with Gasteiger partial charge in [-0.1, -0.05) is 40.2 Å². The summed E-state index contributed by atoms with van der Waals surface area (Å²) in [7, 11) is 0. The highest BCUT2D eigenvalue weighted by Gasteiger charge is 2.22. The SMILES string of the molecule is O=C(CN1CCN(C(=O)CCc2ccc(Br)cc2F)CC1)Nc1ccccc1. The van der Waals surface area contributed by atoms with Crippen molar-refractivity contribution in [2.45, 2.75) is 12.8 Å². The molecule has 1 N–H and O–H groups in total. The average Bonchev–Trinajstić information content (AvgIpc) is 2.68. The highest BCUT2D eigenvalue weighted by atomic mass is 79.9.